The van der Waals surface area contributed by atoms with Crippen LogP contribution < -0.4 is 4.74 Å². The van der Waals surface area contributed by atoms with E-state index in [1.54, 1.807) is 44.3 Å². The van der Waals surface area contributed by atoms with Gasteiger partial charge in [-0.15, -0.1) is 0 Å². The van der Waals surface area contributed by atoms with Gasteiger partial charge in [-0.05, 0) is 82.9 Å². The fourth-order valence-corrected chi connectivity index (χ4v) is 6.87. The zero-order valence-corrected chi connectivity index (χ0v) is 22.8. The van der Waals surface area contributed by atoms with Gasteiger partial charge in [0.2, 0.25) is 0 Å². The second-order valence-corrected chi connectivity index (χ2v) is 13.0. The molecule has 2 aliphatic rings. The summed E-state index contributed by atoms with van der Waals surface area (Å²) in [6.07, 6.45) is 4.72. The number of aromatic nitrogens is 2. The van der Waals surface area contributed by atoms with Crippen LogP contribution in [0, 0.1) is 6.92 Å². The summed E-state index contributed by atoms with van der Waals surface area (Å²) < 4.78 is 32.3. The lowest BCUT2D eigenvalue weighted by molar-refractivity contribution is 0.254. The van der Waals surface area contributed by atoms with Crippen LogP contribution in [0.3, 0.4) is 0 Å². The monoisotopic (exact) mass is 525 g/mol. The lowest BCUT2D eigenvalue weighted by Gasteiger charge is -2.31. The molecule has 0 unspecified atom stereocenters. The predicted molar refractivity (Wildman–Crippen MR) is 144 cm³/mol. The number of fused-ring (bicyclic) bond motifs is 1. The van der Waals surface area contributed by atoms with Gasteiger partial charge in [-0.25, -0.2) is 18.4 Å². The van der Waals surface area contributed by atoms with Gasteiger partial charge in [0.15, 0.2) is 15.7 Å². The number of benzene rings is 2. The van der Waals surface area contributed by atoms with E-state index in [9.17, 15) is 8.42 Å². The van der Waals surface area contributed by atoms with E-state index in [2.05, 4.69) is 29.9 Å². The molecule has 36 heavy (non-hydrogen) atoms. The maximum absolute atomic E-state index is 13.1. The number of rotatable bonds is 5. The normalized spacial score (nSPS) is 16.8. The highest BCUT2D eigenvalue weighted by atomic mass is 35.5. The Morgan fingerprint density at radius 3 is 2.58 bits per heavy atom. The molecule has 3 aromatic rings. The van der Waals surface area contributed by atoms with Crippen molar-refractivity contribution in [3.05, 3.63) is 58.2 Å². The topological polar surface area (TPSA) is 72.4 Å². The maximum atomic E-state index is 13.1. The van der Waals surface area contributed by atoms with Crippen LogP contribution in [0.15, 0.2) is 41.4 Å². The molecule has 3 heterocycles. The molecule has 6 nitrogen and oxygen atoms in total. The molecule has 1 aromatic heterocycles. The SMILES string of the molecule is Cc1cc(-c2ncc(Cl)c(-c3ccccc3S(=O)(=O)C(C)C)n2)c2c(c1C1CCN(C)CC1)CCO2. The first-order valence-electron chi connectivity index (χ1n) is 12.5. The van der Waals surface area contributed by atoms with Crippen molar-refractivity contribution >= 4 is 21.4 Å². The van der Waals surface area contributed by atoms with Crippen LogP contribution in [0.25, 0.3) is 22.6 Å². The van der Waals surface area contributed by atoms with E-state index in [1.165, 1.54) is 16.7 Å². The predicted octanol–water partition coefficient (Wildman–Crippen LogP) is 5.70. The van der Waals surface area contributed by atoms with E-state index in [0.717, 1.165) is 43.7 Å². The van der Waals surface area contributed by atoms with Gasteiger partial charge in [0.1, 0.15) is 5.75 Å². The molecule has 8 heteroatoms. The summed E-state index contributed by atoms with van der Waals surface area (Å²) in [5.74, 6) is 1.87. The van der Waals surface area contributed by atoms with Crippen molar-refractivity contribution in [2.24, 2.45) is 0 Å². The minimum atomic E-state index is -3.54. The van der Waals surface area contributed by atoms with Gasteiger partial charge in [-0.3, -0.25) is 0 Å². The van der Waals surface area contributed by atoms with Crippen LogP contribution in [0.2, 0.25) is 5.02 Å². The van der Waals surface area contributed by atoms with Crippen molar-refractivity contribution in [1.82, 2.24) is 14.9 Å². The van der Waals surface area contributed by atoms with Crippen molar-refractivity contribution in [2.45, 2.75) is 56.1 Å². The molecular weight excluding hydrogens is 494 g/mol. The summed E-state index contributed by atoms with van der Waals surface area (Å²) >= 11 is 6.55. The summed E-state index contributed by atoms with van der Waals surface area (Å²) in [5, 5.41) is -0.257. The van der Waals surface area contributed by atoms with Crippen molar-refractivity contribution in [3.63, 3.8) is 0 Å². The Labute approximate surface area is 218 Å². The first-order valence-corrected chi connectivity index (χ1v) is 14.4. The van der Waals surface area contributed by atoms with Gasteiger partial charge in [-0.2, -0.15) is 0 Å². The van der Waals surface area contributed by atoms with E-state index >= 15 is 0 Å². The first-order chi connectivity index (χ1) is 17.2. The van der Waals surface area contributed by atoms with Crippen LogP contribution in [-0.4, -0.2) is 55.3 Å². The zero-order chi connectivity index (χ0) is 25.6. The van der Waals surface area contributed by atoms with Crippen molar-refractivity contribution in [2.75, 3.05) is 26.7 Å². The molecule has 190 valence electrons. The molecule has 0 amide bonds. The second kappa shape index (κ2) is 9.77. The minimum absolute atomic E-state index is 0.224. The average molecular weight is 526 g/mol. The van der Waals surface area contributed by atoms with Crippen LogP contribution >= 0.6 is 11.6 Å². The van der Waals surface area contributed by atoms with E-state index in [4.69, 9.17) is 21.3 Å². The summed E-state index contributed by atoms with van der Waals surface area (Å²) in [7, 11) is -1.36. The Bertz CT molecular complexity index is 1410. The van der Waals surface area contributed by atoms with Crippen LogP contribution in [0.5, 0.6) is 5.75 Å². The van der Waals surface area contributed by atoms with E-state index in [-0.39, 0.29) is 4.90 Å². The molecule has 0 N–H and O–H groups in total. The smallest absolute Gasteiger partial charge is 0.181 e. The van der Waals surface area contributed by atoms with E-state index in [1.807, 2.05) is 0 Å². The Hall–Kier alpha value is -2.48. The highest BCUT2D eigenvalue weighted by molar-refractivity contribution is 7.92. The molecule has 2 aromatic carbocycles. The first kappa shape index (κ1) is 25.2. The summed E-state index contributed by atoms with van der Waals surface area (Å²) in [4.78, 5) is 12.0. The molecule has 5 rings (SSSR count). The summed E-state index contributed by atoms with van der Waals surface area (Å²) in [5.41, 5.74) is 5.64. The fraction of sp³-hybridized carbons (Fsp3) is 0.429. The van der Waals surface area contributed by atoms with E-state index < -0.39 is 15.1 Å². The maximum Gasteiger partial charge on any atom is 0.181 e. The second-order valence-electron chi connectivity index (χ2n) is 10.1. The number of likely N-dealkylation sites (tertiary alicyclic amines) is 1. The summed E-state index contributed by atoms with van der Waals surface area (Å²) in [6, 6.07) is 9.02. The van der Waals surface area contributed by atoms with E-state index in [0.29, 0.717) is 34.6 Å². The number of piperidine rings is 1. The van der Waals surface area contributed by atoms with Gasteiger partial charge < -0.3 is 9.64 Å². The van der Waals surface area contributed by atoms with Crippen molar-refractivity contribution in [1.29, 1.82) is 0 Å². The molecule has 1 fully saturated rings. The number of sulfone groups is 1. The quantitative estimate of drug-likeness (QED) is 0.425. The van der Waals surface area contributed by atoms with Crippen LogP contribution in [0.4, 0.5) is 0 Å². The van der Waals surface area contributed by atoms with Gasteiger partial charge in [0.25, 0.3) is 0 Å². The molecule has 0 saturated carbocycles. The van der Waals surface area contributed by atoms with Crippen LogP contribution in [-0.2, 0) is 16.3 Å². The van der Waals surface area contributed by atoms with Gasteiger partial charge in [-0.1, -0.05) is 29.8 Å². The molecule has 0 radical (unpaired) electrons. The number of ether oxygens (including phenoxy) is 1. The minimum Gasteiger partial charge on any atom is -0.492 e. The number of aryl methyl sites for hydroxylation is 1. The fourth-order valence-electron chi connectivity index (χ4n) is 5.43. The molecule has 1 saturated heterocycles. The van der Waals surface area contributed by atoms with Crippen molar-refractivity contribution < 1.29 is 13.2 Å². The molecule has 0 spiro atoms. The van der Waals surface area contributed by atoms with Gasteiger partial charge in [0.05, 0.1) is 39.2 Å². The highest BCUT2D eigenvalue weighted by Gasteiger charge is 2.30. The van der Waals surface area contributed by atoms with Crippen molar-refractivity contribution in [3.8, 4) is 28.4 Å². The molecule has 0 aliphatic carbocycles. The summed E-state index contributed by atoms with van der Waals surface area (Å²) in [6.45, 7) is 8.36. The Kier molecular flexibility index (Phi) is 6.83. The lowest BCUT2D eigenvalue weighted by atomic mass is 9.82. The number of halogens is 1. The third-order valence-corrected chi connectivity index (χ3v) is 9.90. The number of hydrogen-bond donors (Lipinski definition) is 0. The lowest BCUT2D eigenvalue weighted by Crippen LogP contribution is -2.29. The third-order valence-electron chi connectivity index (χ3n) is 7.41. The zero-order valence-electron chi connectivity index (χ0n) is 21.2. The standard InChI is InChI=1S/C28H32ClN3O3S/c1-17(2)36(33,34)24-8-6-5-7-20(24)26-23(29)16-30-28(31-26)22-15-18(3)25(21-11-14-35-27(21)22)19-9-12-32(4)13-10-19/h5-8,15-17,19H,9-14H2,1-4H3. The largest absolute Gasteiger partial charge is 0.492 e. The Morgan fingerprint density at radius 2 is 1.86 bits per heavy atom. The Morgan fingerprint density at radius 1 is 1.14 bits per heavy atom. The number of nitrogens with zero attached hydrogens (tertiary/aromatic N) is 3. The molecule has 2 aliphatic heterocycles. The molecule has 0 atom stereocenters. The average Bonchev–Trinajstić information content (AvgIpc) is 3.34. The van der Waals surface area contributed by atoms with Gasteiger partial charge >= 0.3 is 0 Å². The number of hydrogen-bond acceptors (Lipinski definition) is 6. The Balaban J connectivity index is 1.63. The highest BCUT2D eigenvalue weighted by Crippen LogP contribution is 2.45. The van der Waals surface area contributed by atoms with Crippen LogP contribution in [0.1, 0.15) is 49.3 Å². The van der Waals surface area contributed by atoms with Gasteiger partial charge in [0, 0.05) is 17.5 Å². The molecular formula is C28H32ClN3O3S. The third kappa shape index (κ3) is 4.42. The molecule has 0 bridgehead atoms.